The second-order valence-corrected chi connectivity index (χ2v) is 8.22. The van der Waals surface area contributed by atoms with Crippen molar-refractivity contribution in [2.45, 2.75) is 45.2 Å². The van der Waals surface area contributed by atoms with Crippen LogP contribution in [-0.4, -0.2) is 37.6 Å². The van der Waals surface area contributed by atoms with E-state index in [0.717, 1.165) is 4.90 Å². The van der Waals surface area contributed by atoms with Crippen LogP contribution >= 0.6 is 23.2 Å². The van der Waals surface area contributed by atoms with Crippen LogP contribution in [-0.2, 0) is 4.79 Å². The molecule has 2 aromatic rings. The molecule has 2 rings (SSSR count). The minimum absolute atomic E-state index is 0.329. The van der Waals surface area contributed by atoms with Gasteiger partial charge in [0.2, 0.25) is 0 Å². The van der Waals surface area contributed by atoms with Crippen LogP contribution < -0.4 is 5.32 Å². The van der Waals surface area contributed by atoms with E-state index in [0.29, 0.717) is 27.0 Å². The van der Waals surface area contributed by atoms with Gasteiger partial charge in [0.1, 0.15) is 17.5 Å². The summed E-state index contributed by atoms with van der Waals surface area (Å²) in [5, 5.41) is 35.0. The molecule has 8 heteroatoms. The number of aliphatic hydroxyl groups is 2. The highest BCUT2D eigenvalue weighted by molar-refractivity contribution is 6.39. The van der Waals surface area contributed by atoms with Crippen molar-refractivity contribution in [3.63, 3.8) is 0 Å². The Balaban J connectivity index is 2.63. The molecule has 0 aromatic heterocycles. The van der Waals surface area contributed by atoms with Crippen molar-refractivity contribution < 1.29 is 20.1 Å². The number of rotatable bonds is 7. The predicted octanol–water partition coefficient (Wildman–Crippen LogP) is 4.62. The molecular weight excluding hydrogens is 403 g/mol. The molecule has 0 aliphatic carbocycles. The van der Waals surface area contributed by atoms with Crippen LogP contribution in [0.15, 0.2) is 42.5 Å². The molecule has 0 fully saturated rings. The molecule has 0 aliphatic rings. The number of nitrogens with one attached hydrogen (secondary N) is 1. The van der Waals surface area contributed by atoms with Gasteiger partial charge in [0.25, 0.3) is 0 Å². The normalized spacial score (nSPS) is 13.5. The van der Waals surface area contributed by atoms with Gasteiger partial charge in [-0.05, 0) is 45.9 Å². The smallest absolute Gasteiger partial charge is 0.325 e. The predicted molar refractivity (Wildman–Crippen MR) is 111 cm³/mol. The Labute approximate surface area is 174 Å². The number of hydrogen-bond donors (Lipinski definition) is 4. The van der Waals surface area contributed by atoms with Crippen LogP contribution in [0, 0.1) is 0 Å². The lowest BCUT2D eigenvalue weighted by Gasteiger charge is -2.46. The average molecular weight is 427 g/mol. The Morgan fingerprint density at radius 1 is 0.964 bits per heavy atom. The number of nitrogens with zero attached hydrogens (tertiary/aromatic N) is 1. The van der Waals surface area contributed by atoms with Gasteiger partial charge in [0.15, 0.2) is 0 Å². The minimum atomic E-state index is -1.63. The maximum Gasteiger partial charge on any atom is 0.325 e. The van der Waals surface area contributed by atoms with Crippen molar-refractivity contribution in [1.29, 1.82) is 0 Å². The van der Waals surface area contributed by atoms with Gasteiger partial charge in [-0.1, -0.05) is 47.5 Å². The van der Waals surface area contributed by atoms with Gasteiger partial charge in [0, 0.05) is 11.3 Å². The molecule has 6 nitrogen and oxygen atoms in total. The molecule has 152 valence electrons. The zero-order valence-corrected chi connectivity index (χ0v) is 17.6. The number of carboxylic acid groups (broad SMARTS) is 1. The van der Waals surface area contributed by atoms with Crippen molar-refractivity contribution in [2.24, 2.45) is 0 Å². The second-order valence-electron chi connectivity index (χ2n) is 7.41. The van der Waals surface area contributed by atoms with Crippen LogP contribution in [0.3, 0.4) is 0 Å². The lowest BCUT2D eigenvalue weighted by Crippen LogP contribution is -2.58. The molecule has 0 spiro atoms. The molecule has 0 aliphatic heterocycles. The third-order valence-electron chi connectivity index (χ3n) is 4.15. The number of anilines is 2. The molecule has 0 bridgehead atoms. The van der Waals surface area contributed by atoms with E-state index in [1.807, 2.05) is 0 Å². The van der Waals surface area contributed by atoms with E-state index in [1.54, 1.807) is 42.5 Å². The van der Waals surface area contributed by atoms with Gasteiger partial charge in [-0.3, -0.25) is 4.79 Å². The molecule has 1 unspecified atom stereocenters. The van der Waals surface area contributed by atoms with E-state index >= 15 is 0 Å². The summed E-state index contributed by atoms with van der Waals surface area (Å²) >= 11 is 12.5. The summed E-state index contributed by atoms with van der Waals surface area (Å²) in [6.45, 7) is 5.67. The summed E-state index contributed by atoms with van der Waals surface area (Å²) in [4.78, 5) is 13.4. The van der Waals surface area contributed by atoms with Crippen molar-refractivity contribution in [2.75, 3.05) is 5.32 Å². The van der Waals surface area contributed by atoms with Gasteiger partial charge in [-0.25, -0.2) is 4.90 Å². The first-order valence-electron chi connectivity index (χ1n) is 8.61. The molecule has 0 heterocycles. The Kier molecular flexibility index (Phi) is 6.63. The van der Waals surface area contributed by atoms with Crippen molar-refractivity contribution in [3.05, 3.63) is 58.1 Å². The van der Waals surface area contributed by atoms with E-state index in [4.69, 9.17) is 23.2 Å². The number of carbonyl (C=O) groups is 1. The molecule has 2 aromatic carbocycles. The van der Waals surface area contributed by atoms with Crippen molar-refractivity contribution in [1.82, 2.24) is 4.90 Å². The fourth-order valence-corrected chi connectivity index (χ4v) is 3.78. The number of benzene rings is 2. The maximum absolute atomic E-state index is 12.2. The second kappa shape index (κ2) is 8.27. The number of halogens is 2. The molecular formula is C20H24Cl2N2O4. The minimum Gasteiger partial charge on any atom is -0.480 e. The van der Waals surface area contributed by atoms with E-state index in [-0.39, 0.29) is 0 Å². The Hall–Kier alpha value is -1.83. The third kappa shape index (κ3) is 4.96. The summed E-state index contributed by atoms with van der Waals surface area (Å²) in [6, 6.07) is 10.4. The zero-order valence-electron chi connectivity index (χ0n) is 16.1. The molecule has 0 saturated carbocycles. The highest BCUT2D eigenvalue weighted by Gasteiger charge is 2.45. The van der Waals surface area contributed by atoms with Gasteiger partial charge >= 0.3 is 5.97 Å². The van der Waals surface area contributed by atoms with E-state index in [1.165, 1.54) is 27.7 Å². The highest BCUT2D eigenvalue weighted by atomic mass is 35.5. The summed E-state index contributed by atoms with van der Waals surface area (Å²) in [5.41, 5.74) is -2.06. The van der Waals surface area contributed by atoms with Crippen LogP contribution in [0.2, 0.25) is 10.0 Å². The molecule has 0 amide bonds. The first-order valence-corrected chi connectivity index (χ1v) is 9.36. The lowest BCUT2D eigenvalue weighted by molar-refractivity contribution is -0.225. The molecule has 1 atom stereocenters. The van der Waals surface area contributed by atoms with Gasteiger partial charge in [-0.15, -0.1) is 0 Å². The largest absolute Gasteiger partial charge is 0.480 e. The van der Waals surface area contributed by atoms with Crippen LogP contribution in [0.1, 0.15) is 39.3 Å². The van der Waals surface area contributed by atoms with Crippen LogP contribution in [0.5, 0.6) is 0 Å². The summed E-state index contributed by atoms with van der Waals surface area (Å²) < 4.78 is 0. The van der Waals surface area contributed by atoms with E-state index < -0.39 is 23.5 Å². The Bertz CT molecular complexity index is 826. The fourth-order valence-electron chi connectivity index (χ4n) is 3.29. The maximum atomic E-state index is 12.2. The van der Waals surface area contributed by atoms with E-state index in [9.17, 15) is 20.1 Å². The Morgan fingerprint density at radius 2 is 1.46 bits per heavy atom. The topological polar surface area (TPSA) is 93.0 Å². The summed E-state index contributed by atoms with van der Waals surface area (Å²) in [7, 11) is 0. The first kappa shape index (κ1) is 22.5. The fraction of sp³-hybridized carbons (Fsp3) is 0.350. The van der Waals surface area contributed by atoms with Crippen molar-refractivity contribution >= 4 is 40.5 Å². The molecule has 0 saturated heterocycles. The van der Waals surface area contributed by atoms with Crippen LogP contribution in [0.4, 0.5) is 11.4 Å². The Morgan fingerprint density at radius 3 is 1.93 bits per heavy atom. The highest BCUT2D eigenvalue weighted by Crippen LogP contribution is 2.39. The van der Waals surface area contributed by atoms with Gasteiger partial charge in [0.05, 0.1) is 15.7 Å². The quantitative estimate of drug-likeness (QED) is 0.482. The number of para-hydroxylation sites is 2. The monoisotopic (exact) mass is 426 g/mol. The lowest BCUT2D eigenvalue weighted by atomic mass is 9.97. The average Bonchev–Trinajstić information content (AvgIpc) is 2.54. The SMILES string of the molecule is CC(C)(O)N(C(C(=O)O)c1ccccc1Nc1c(Cl)cccc1Cl)C(C)(C)O. The third-order valence-corrected chi connectivity index (χ3v) is 4.78. The van der Waals surface area contributed by atoms with Gasteiger partial charge < -0.3 is 20.6 Å². The van der Waals surface area contributed by atoms with Gasteiger partial charge in [-0.2, -0.15) is 0 Å². The standard InChI is InChI=1S/C20H24Cl2N2O4/c1-19(2,27)24(20(3,4)28)17(18(25)26)12-8-5-6-11-15(12)23-16-13(21)9-7-10-14(16)22/h5-11,17,23,27-28H,1-4H3,(H,25,26). The molecule has 4 N–H and O–H groups in total. The number of carboxylic acids is 1. The summed E-state index contributed by atoms with van der Waals surface area (Å²) in [5.74, 6) is -1.23. The summed E-state index contributed by atoms with van der Waals surface area (Å²) in [6.07, 6.45) is 0. The number of aliphatic carboxylic acids is 1. The van der Waals surface area contributed by atoms with Crippen molar-refractivity contribution in [3.8, 4) is 0 Å². The first-order chi connectivity index (χ1) is 12.8. The number of hydrogen-bond acceptors (Lipinski definition) is 5. The zero-order chi connectivity index (χ0) is 21.3. The molecule has 0 radical (unpaired) electrons. The van der Waals surface area contributed by atoms with Crippen LogP contribution in [0.25, 0.3) is 0 Å². The van der Waals surface area contributed by atoms with E-state index in [2.05, 4.69) is 5.32 Å². The molecule has 28 heavy (non-hydrogen) atoms.